The molecule has 0 saturated carbocycles. The van der Waals surface area contributed by atoms with E-state index >= 15 is 0 Å². The molecule has 0 saturated heterocycles. The van der Waals surface area contributed by atoms with E-state index in [2.05, 4.69) is 18.3 Å². The minimum absolute atomic E-state index is 0.232. The van der Waals surface area contributed by atoms with Crippen molar-refractivity contribution in [1.82, 2.24) is 5.32 Å². The molecule has 106 valence electrons. The average molecular weight is 265 g/mol. The fourth-order valence-electron chi connectivity index (χ4n) is 2.03. The van der Waals surface area contributed by atoms with Crippen LogP contribution in [0.3, 0.4) is 0 Å². The smallest absolute Gasteiger partial charge is 0.303 e. The number of unbranched alkanes of at least 4 members (excludes halogenated alkanes) is 2. The molecule has 4 heteroatoms. The van der Waals surface area contributed by atoms with Crippen molar-refractivity contribution in [2.75, 3.05) is 13.7 Å². The molecule has 1 atom stereocenters. The van der Waals surface area contributed by atoms with E-state index in [-0.39, 0.29) is 12.5 Å². The summed E-state index contributed by atoms with van der Waals surface area (Å²) in [5.74, 6) is 0.184. The summed E-state index contributed by atoms with van der Waals surface area (Å²) in [6, 6.07) is 8.21. The molecule has 0 aliphatic rings. The topological polar surface area (TPSA) is 58.6 Å². The lowest BCUT2D eigenvalue weighted by Gasteiger charge is -2.17. The van der Waals surface area contributed by atoms with Gasteiger partial charge in [0, 0.05) is 18.0 Å². The third-order valence-corrected chi connectivity index (χ3v) is 3.12. The Balaban J connectivity index is 2.27. The summed E-state index contributed by atoms with van der Waals surface area (Å²) >= 11 is 0. The van der Waals surface area contributed by atoms with E-state index in [1.807, 2.05) is 18.2 Å². The highest BCUT2D eigenvalue weighted by molar-refractivity contribution is 5.66. The van der Waals surface area contributed by atoms with Crippen LogP contribution in [0.1, 0.15) is 44.2 Å². The van der Waals surface area contributed by atoms with Gasteiger partial charge in [-0.05, 0) is 32.4 Å². The SMILES string of the molecule is COc1ccccc1[C@H](C)NCCCCCC(=O)O. The van der Waals surface area contributed by atoms with Crippen LogP contribution in [0.4, 0.5) is 0 Å². The van der Waals surface area contributed by atoms with E-state index in [9.17, 15) is 4.79 Å². The van der Waals surface area contributed by atoms with Gasteiger partial charge in [0.25, 0.3) is 0 Å². The summed E-state index contributed by atoms with van der Waals surface area (Å²) < 4.78 is 5.33. The van der Waals surface area contributed by atoms with Crippen molar-refractivity contribution in [2.45, 2.75) is 38.6 Å². The van der Waals surface area contributed by atoms with Crippen molar-refractivity contribution in [3.8, 4) is 5.75 Å². The molecule has 2 N–H and O–H groups in total. The van der Waals surface area contributed by atoms with Crippen LogP contribution in [-0.4, -0.2) is 24.7 Å². The molecule has 0 spiro atoms. The maximum atomic E-state index is 10.4. The van der Waals surface area contributed by atoms with Gasteiger partial charge in [0.1, 0.15) is 5.75 Å². The monoisotopic (exact) mass is 265 g/mol. The summed E-state index contributed by atoms with van der Waals surface area (Å²) in [5, 5.41) is 12.0. The first kappa shape index (κ1) is 15.5. The predicted octanol–water partition coefficient (Wildman–Crippen LogP) is 2.99. The Kier molecular flexibility index (Phi) is 6.97. The lowest BCUT2D eigenvalue weighted by atomic mass is 10.1. The van der Waals surface area contributed by atoms with E-state index in [0.29, 0.717) is 0 Å². The predicted molar refractivity (Wildman–Crippen MR) is 75.5 cm³/mol. The quantitative estimate of drug-likeness (QED) is 0.674. The van der Waals surface area contributed by atoms with Crippen molar-refractivity contribution in [3.63, 3.8) is 0 Å². The number of aliphatic carboxylic acids is 1. The van der Waals surface area contributed by atoms with Crippen LogP contribution in [-0.2, 0) is 4.79 Å². The standard InChI is InChI=1S/C15H23NO3/c1-12(13-8-5-6-9-14(13)19-2)16-11-7-3-4-10-15(17)18/h5-6,8-9,12,16H,3-4,7,10-11H2,1-2H3,(H,17,18)/t12-/m0/s1. The Bertz CT molecular complexity index is 393. The molecule has 0 aromatic heterocycles. The minimum Gasteiger partial charge on any atom is -0.496 e. The van der Waals surface area contributed by atoms with Crippen LogP contribution in [0.15, 0.2) is 24.3 Å². The Morgan fingerprint density at radius 2 is 2.05 bits per heavy atom. The second-order valence-electron chi connectivity index (χ2n) is 4.62. The van der Waals surface area contributed by atoms with E-state index in [1.165, 1.54) is 0 Å². The molecule has 4 nitrogen and oxygen atoms in total. The lowest BCUT2D eigenvalue weighted by molar-refractivity contribution is -0.137. The first-order valence-corrected chi connectivity index (χ1v) is 6.73. The fraction of sp³-hybridized carbons (Fsp3) is 0.533. The molecule has 0 bridgehead atoms. The van der Waals surface area contributed by atoms with Crippen molar-refractivity contribution in [1.29, 1.82) is 0 Å². The van der Waals surface area contributed by atoms with Gasteiger partial charge in [-0.15, -0.1) is 0 Å². The van der Waals surface area contributed by atoms with Crippen LogP contribution < -0.4 is 10.1 Å². The summed E-state index contributed by atoms with van der Waals surface area (Å²) in [4.78, 5) is 10.4. The van der Waals surface area contributed by atoms with E-state index < -0.39 is 5.97 Å². The van der Waals surface area contributed by atoms with Gasteiger partial charge in [-0.25, -0.2) is 0 Å². The molecule has 1 aromatic carbocycles. The van der Waals surface area contributed by atoms with Gasteiger partial charge in [-0.2, -0.15) is 0 Å². The second-order valence-corrected chi connectivity index (χ2v) is 4.62. The summed E-state index contributed by atoms with van der Waals surface area (Å²) in [6.45, 7) is 2.99. The van der Waals surface area contributed by atoms with Gasteiger partial charge >= 0.3 is 5.97 Å². The zero-order valence-corrected chi connectivity index (χ0v) is 11.7. The maximum absolute atomic E-state index is 10.4. The number of hydrogen-bond acceptors (Lipinski definition) is 3. The minimum atomic E-state index is -0.713. The molecule has 19 heavy (non-hydrogen) atoms. The van der Waals surface area contributed by atoms with Gasteiger partial charge < -0.3 is 15.2 Å². The molecule has 0 aliphatic heterocycles. The van der Waals surface area contributed by atoms with Gasteiger partial charge in [0.15, 0.2) is 0 Å². The number of methoxy groups -OCH3 is 1. The average Bonchev–Trinajstić information content (AvgIpc) is 2.42. The number of rotatable bonds is 9. The molecule has 0 amide bonds. The molecule has 0 fully saturated rings. The number of carbonyl (C=O) groups is 1. The largest absolute Gasteiger partial charge is 0.496 e. The first-order valence-electron chi connectivity index (χ1n) is 6.73. The van der Waals surface area contributed by atoms with Crippen molar-refractivity contribution in [2.24, 2.45) is 0 Å². The van der Waals surface area contributed by atoms with Crippen LogP contribution in [0.2, 0.25) is 0 Å². The molecular weight excluding hydrogens is 242 g/mol. The maximum Gasteiger partial charge on any atom is 0.303 e. The number of benzene rings is 1. The number of hydrogen-bond donors (Lipinski definition) is 2. The molecule has 1 rings (SSSR count). The van der Waals surface area contributed by atoms with Crippen LogP contribution in [0, 0.1) is 0 Å². The first-order chi connectivity index (χ1) is 9.15. The van der Waals surface area contributed by atoms with E-state index in [0.717, 1.165) is 37.1 Å². The van der Waals surface area contributed by atoms with E-state index in [4.69, 9.17) is 9.84 Å². The lowest BCUT2D eigenvalue weighted by Crippen LogP contribution is -2.20. The summed E-state index contributed by atoms with van der Waals surface area (Å²) in [7, 11) is 1.68. The highest BCUT2D eigenvalue weighted by Gasteiger charge is 2.09. The number of nitrogens with one attached hydrogen (secondary N) is 1. The zero-order valence-electron chi connectivity index (χ0n) is 11.7. The highest BCUT2D eigenvalue weighted by atomic mass is 16.5. The molecule has 0 unspecified atom stereocenters. The number of carboxylic acids is 1. The molecule has 0 aliphatic carbocycles. The number of ether oxygens (including phenoxy) is 1. The van der Waals surface area contributed by atoms with Crippen molar-refractivity contribution in [3.05, 3.63) is 29.8 Å². The third kappa shape index (κ3) is 5.75. The number of para-hydroxylation sites is 1. The fourth-order valence-corrected chi connectivity index (χ4v) is 2.03. The number of carboxylic acid groups (broad SMARTS) is 1. The summed E-state index contributed by atoms with van der Waals surface area (Å²) in [6.07, 6.45) is 2.95. The Hall–Kier alpha value is -1.55. The van der Waals surface area contributed by atoms with Gasteiger partial charge in [0.05, 0.1) is 7.11 Å². The Labute approximate surface area is 114 Å². The Morgan fingerprint density at radius 1 is 1.32 bits per heavy atom. The molecular formula is C15H23NO3. The van der Waals surface area contributed by atoms with Gasteiger partial charge in [0.2, 0.25) is 0 Å². The van der Waals surface area contributed by atoms with Crippen molar-refractivity contribution < 1.29 is 14.6 Å². The molecule has 0 heterocycles. The van der Waals surface area contributed by atoms with Crippen LogP contribution >= 0.6 is 0 Å². The van der Waals surface area contributed by atoms with Gasteiger partial charge in [-0.3, -0.25) is 4.79 Å². The van der Waals surface area contributed by atoms with E-state index in [1.54, 1.807) is 7.11 Å². The normalized spacial score (nSPS) is 12.1. The van der Waals surface area contributed by atoms with Crippen molar-refractivity contribution >= 4 is 5.97 Å². The highest BCUT2D eigenvalue weighted by Crippen LogP contribution is 2.24. The van der Waals surface area contributed by atoms with Gasteiger partial charge in [-0.1, -0.05) is 24.6 Å². The van der Waals surface area contributed by atoms with Crippen LogP contribution in [0.25, 0.3) is 0 Å². The molecule has 0 radical (unpaired) electrons. The zero-order chi connectivity index (χ0) is 14.1. The third-order valence-electron chi connectivity index (χ3n) is 3.12. The summed E-state index contributed by atoms with van der Waals surface area (Å²) in [5.41, 5.74) is 1.15. The Morgan fingerprint density at radius 3 is 2.74 bits per heavy atom. The van der Waals surface area contributed by atoms with Crippen LogP contribution in [0.5, 0.6) is 5.75 Å². The molecule has 1 aromatic rings. The second kappa shape index (κ2) is 8.53.